The van der Waals surface area contributed by atoms with E-state index in [1.165, 1.54) is 43.4 Å². The first-order chi connectivity index (χ1) is 8.85. The molecule has 2 nitrogen and oxygen atoms in total. The van der Waals surface area contributed by atoms with E-state index in [4.69, 9.17) is 5.73 Å². The third kappa shape index (κ3) is 3.33. The lowest BCUT2D eigenvalue weighted by Crippen LogP contribution is -2.38. The maximum absolute atomic E-state index is 5.70. The van der Waals surface area contributed by atoms with Gasteiger partial charge in [-0.3, -0.25) is 4.90 Å². The fourth-order valence-electron chi connectivity index (χ4n) is 3.06. The Balaban J connectivity index is 2.07. The quantitative estimate of drug-likeness (QED) is 0.865. The Morgan fingerprint density at radius 3 is 2.72 bits per heavy atom. The Bertz CT molecular complexity index is 362. The van der Waals surface area contributed by atoms with Gasteiger partial charge in [-0.05, 0) is 49.9 Å². The van der Waals surface area contributed by atoms with Crippen molar-refractivity contribution in [1.82, 2.24) is 4.90 Å². The maximum atomic E-state index is 5.70. The van der Waals surface area contributed by atoms with E-state index >= 15 is 0 Å². The van der Waals surface area contributed by atoms with Gasteiger partial charge in [-0.1, -0.05) is 37.6 Å². The van der Waals surface area contributed by atoms with Gasteiger partial charge < -0.3 is 5.73 Å². The van der Waals surface area contributed by atoms with Crippen molar-refractivity contribution in [3.63, 3.8) is 0 Å². The monoisotopic (exact) mass is 246 g/mol. The molecule has 0 amide bonds. The highest BCUT2D eigenvalue weighted by molar-refractivity contribution is 5.27. The molecule has 100 valence electrons. The molecule has 18 heavy (non-hydrogen) atoms. The Morgan fingerprint density at radius 1 is 1.22 bits per heavy atom. The Kier molecular flexibility index (Phi) is 5.21. The van der Waals surface area contributed by atoms with E-state index in [1.54, 1.807) is 0 Å². The van der Waals surface area contributed by atoms with Gasteiger partial charge in [0.2, 0.25) is 0 Å². The molecule has 1 aliphatic rings. The zero-order valence-corrected chi connectivity index (χ0v) is 11.6. The van der Waals surface area contributed by atoms with Crippen LogP contribution in [0.25, 0.3) is 0 Å². The largest absolute Gasteiger partial charge is 0.330 e. The van der Waals surface area contributed by atoms with Gasteiger partial charge >= 0.3 is 0 Å². The average molecular weight is 246 g/mol. The second-order valence-corrected chi connectivity index (χ2v) is 5.34. The molecule has 1 aliphatic heterocycles. The lowest BCUT2D eigenvalue weighted by molar-refractivity contribution is 0.136. The van der Waals surface area contributed by atoms with Crippen LogP contribution in [0.4, 0.5) is 0 Å². The summed E-state index contributed by atoms with van der Waals surface area (Å²) in [5, 5.41) is 0. The van der Waals surface area contributed by atoms with Gasteiger partial charge in [0.25, 0.3) is 0 Å². The van der Waals surface area contributed by atoms with Crippen LogP contribution < -0.4 is 5.73 Å². The van der Waals surface area contributed by atoms with Crippen LogP contribution in [0, 0.1) is 0 Å². The summed E-state index contributed by atoms with van der Waals surface area (Å²) < 4.78 is 0. The minimum Gasteiger partial charge on any atom is -0.330 e. The lowest BCUT2D eigenvalue weighted by Gasteiger charge is -2.35. The molecule has 1 aromatic carbocycles. The first kappa shape index (κ1) is 13.6. The third-order valence-corrected chi connectivity index (χ3v) is 4.13. The molecule has 0 radical (unpaired) electrons. The number of nitrogens with zero attached hydrogens (tertiary/aromatic N) is 1. The van der Waals surface area contributed by atoms with Crippen molar-refractivity contribution in [3.8, 4) is 0 Å². The van der Waals surface area contributed by atoms with Gasteiger partial charge in [0.1, 0.15) is 0 Å². The molecule has 2 heteroatoms. The minimum atomic E-state index is 0.744. The Hall–Kier alpha value is -0.860. The van der Waals surface area contributed by atoms with Crippen molar-refractivity contribution in [1.29, 1.82) is 0 Å². The smallest absolute Gasteiger partial charge is 0.0239 e. The topological polar surface area (TPSA) is 29.3 Å². The molecule has 2 N–H and O–H groups in total. The fraction of sp³-hybridized carbons (Fsp3) is 0.625. The van der Waals surface area contributed by atoms with Crippen molar-refractivity contribution in [3.05, 3.63) is 35.4 Å². The van der Waals surface area contributed by atoms with E-state index < -0.39 is 0 Å². The van der Waals surface area contributed by atoms with Crippen molar-refractivity contribution >= 4 is 0 Å². The maximum Gasteiger partial charge on any atom is 0.0239 e. The van der Waals surface area contributed by atoms with Gasteiger partial charge in [-0.15, -0.1) is 0 Å². The molecule has 1 heterocycles. The van der Waals surface area contributed by atoms with Gasteiger partial charge in [0.05, 0.1) is 0 Å². The number of benzene rings is 1. The number of likely N-dealkylation sites (tertiary alicyclic amines) is 1. The van der Waals surface area contributed by atoms with E-state index in [9.17, 15) is 0 Å². The predicted octanol–water partition coefficient (Wildman–Crippen LogP) is 2.95. The zero-order valence-electron chi connectivity index (χ0n) is 11.6. The van der Waals surface area contributed by atoms with E-state index in [-0.39, 0.29) is 0 Å². The van der Waals surface area contributed by atoms with Gasteiger partial charge in [-0.2, -0.15) is 0 Å². The number of hydrogen-bond donors (Lipinski definition) is 1. The van der Waals surface area contributed by atoms with E-state index in [2.05, 4.69) is 36.1 Å². The van der Waals surface area contributed by atoms with Crippen LogP contribution in [-0.2, 0) is 13.0 Å². The summed E-state index contributed by atoms with van der Waals surface area (Å²) >= 11 is 0. The van der Waals surface area contributed by atoms with Gasteiger partial charge in [-0.25, -0.2) is 0 Å². The average Bonchev–Trinajstić information content (AvgIpc) is 2.42. The summed E-state index contributed by atoms with van der Waals surface area (Å²) in [4.78, 5) is 2.67. The van der Waals surface area contributed by atoms with Crippen molar-refractivity contribution < 1.29 is 0 Å². The van der Waals surface area contributed by atoms with Crippen LogP contribution in [0.2, 0.25) is 0 Å². The number of rotatable bonds is 5. The van der Waals surface area contributed by atoms with Gasteiger partial charge in [0, 0.05) is 12.6 Å². The summed E-state index contributed by atoms with van der Waals surface area (Å²) in [6.45, 7) is 5.42. The Morgan fingerprint density at radius 2 is 2.00 bits per heavy atom. The standard InChI is InChI=1S/C16H26N2/c1-2-16-9-5-6-12-18(16)13-15-8-4-3-7-14(15)10-11-17/h3-4,7-8,16H,2,5-6,9-13,17H2,1H3. The molecule has 1 aromatic rings. The third-order valence-electron chi connectivity index (χ3n) is 4.13. The summed E-state index contributed by atoms with van der Waals surface area (Å²) in [6.07, 6.45) is 6.41. The fourth-order valence-corrected chi connectivity index (χ4v) is 3.06. The van der Waals surface area contributed by atoms with Crippen molar-refractivity contribution in [2.24, 2.45) is 5.73 Å². The highest BCUT2D eigenvalue weighted by Gasteiger charge is 2.21. The first-order valence-corrected chi connectivity index (χ1v) is 7.36. The van der Waals surface area contributed by atoms with E-state index in [1.807, 2.05) is 0 Å². The molecular formula is C16H26N2. The lowest BCUT2D eigenvalue weighted by atomic mass is 9.97. The highest BCUT2D eigenvalue weighted by atomic mass is 15.2. The summed E-state index contributed by atoms with van der Waals surface area (Å²) in [6, 6.07) is 9.56. The SMILES string of the molecule is CCC1CCCCN1Cc1ccccc1CCN. The molecule has 2 rings (SSSR count). The van der Waals surface area contributed by atoms with Crippen LogP contribution in [0.15, 0.2) is 24.3 Å². The van der Waals surface area contributed by atoms with E-state index in [0.29, 0.717) is 0 Å². The second kappa shape index (κ2) is 6.91. The molecule has 1 fully saturated rings. The van der Waals surface area contributed by atoms with Crippen LogP contribution in [0.3, 0.4) is 0 Å². The minimum absolute atomic E-state index is 0.744. The zero-order chi connectivity index (χ0) is 12.8. The van der Waals surface area contributed by atoms with E-state index in [0.717, 1.165) is 25.6 Å². The first-order valence-electron chi connectivity index (χ1n) is 7.36. The molecule has 0 aromatic heterocycles. The van der Waals surface area contributed by atoms with Gasteiger partial charge in [0.15, 0.2) is 0 Å². The molecule has 0 bridgehead atoms. The van der Waals surface area contributed by atoms with Crippen molar-refractivity contribution in [2.45, 2.75) is 51.6 Å². The summed E-state index contributed by atoms with van der Waals surface area (Å²) in [5.41, 5.74) is 8.61. The number of nitrogens with two attached hydrogens (primary N) is 1. The van der Waals surface area contributed by atoms with Crippen LogP contribution in [0.1, 0.15) is 43.7 Å². The summed E-state index contributed by atoms with van der Waals surface area (Å²) in [5.74, 6) is 0. The molecule has 1 saturated heterocycles. The normalized spacial score (nSPS) is 21.1. The second-order valence-electron chi connectivity index (χ2n) is 5.34. The van der Waals surface area contributed by atoms with Crippen molar-refractivity contribution in [2.75, 3.05) is 13.1 Å². The molecule has 0 saturated carbocycles. The Labute approximate surface area is 111 Å². The molecule has 1 unspecified atom stereocenters. The predicted molar refractivity (Wildman–Crippen MR) is 77.5 cm³/mol. The van der Waals surface area contributed by atoms with Crippen LogP contribution >= 0.6 is 0 Å². The molecule has 0 spiro atoms. The molecule has 0 aliphatic carbocycles. The summed E-state index contributed by atoms with van der Waals surface area (Å²) in [7, 11) is 0. The van der Waals surface area contributed by atoms with Crippen LogP contribution in [-0.4, -0.2) is 24.0 Å². The van der Waals surface area contributed by atoms with Crippen LogP contribution in [0.5, 0.6) is 0 Å². The number of hydrogen-bond acceptors (Lipinski definition) is 2. The molecular weight excluding hydrogens is 220 g/mol. The molecule has 1 atom stereocenters. The number of piperidine rings is 1. The highest BCUT2D eigenvalue weighted by Crippen LogP contribution is 2.23.